The summed E-state index contributed by atoms with van der Waals surface area (Å²) in [4.78, 5) is 23.4. The lowest BCUT2D eigenvalue weighted by atomic mass is 9.91. The van der Waals surface area contributed by atoms with Crippen LogP contribution in [-0.2, 0) is 11.3 Å². The first-order chi connectivity index (χ1) is 9.77. The average Bonchev–Trinajstić information content (AvgIpc) is 2.86. The van der Waals surface area contributed by atoms with Crippen LogP contribution in [0.4, 0.5) is 5.69 Å². The molecule has 0 unspecified atom stereocenters. The number of benzene rings is 1. The number of carbonyl (C=O) groups excluding carboxylic acids is 1. The Kier molecular flexibility index (Phi) is 3.79. The predicted octanol–water partition coefficient (Wildman–Crippen LogP) is 1.86. The number of hydrogen-bond acceptors (Lipinski definition) is 6. The number of nitro benzene ring substituents is 1. The molecule has 0 aliphatic rings. The molecule has 0 atom stereocenters. The zero-order valence-electron chi connectivity index (χ0n) is 12.0. The van der Waals surface area contributed by atoms with Gasteiger partial charge in [0.2, 0.25) is 5.82 Å². The van der Waals surface area contributed by atoms with E-state index in [9.17, 15) is 14.9 Å². The molecule has 2 rings (SSSR count). The second-order valence-electron chi connectivity index (χ2n) is 5.62. The summed E-state index contributed by atoms with van der Waals surface area (Å²) in [5.41, 5.74) is -0.0486. The minimum absolute atomic E-state index is 0.0193. The summed E-state index contributed by atoms with van der Waals surface area (Å²) in [6.07, 6.45) is 0. The minimum atomic E-state index is -0.489. The molecule has 0 spiro atoms. The summed E-state index contributed by atoms with van der Waals surface area (Å²) in [6, 6.07) is 5.96. The normalized spacial score (nSPS) is 11.4. The molecule has 110 valence electrons. The van der Waals surface area contributed by atoms with Crippen molar-refractivity contribution in [3.8, 4) is 11.4 Å². The first-order valence-corrected chi connectivity index (χ1v) is 6.33. The first kappa shape index (κ1) is 14.8. The molecule has 0 saturated carbocycles. The molecule has 0 aliphatic carbocycles. The van der Waals surface area contributed by atoms with E-state index in [1.54, 1.807) is 12.1 Å². The van der Waals surface area contributed by atoms with Gasteiger partial charge in [-0.2, -0.15) is 4.80 Å². The fraction of sp³-hybridized carbons (Fsp3) is 0.385. The Morgan fingerprint density at radius 1 is 1.38 bits per heavy atom. The topological polar surface area (TPSA) is 104 Å². The lowest BCUT2D eigenvalue weighted by Crippen LogP contribution is -2.26. The molecule has 0 radical (unpaired) electrons. The number of ketones is 1. The van der Waals surface area contributed by atoms with Gasteiger partial charge in [-0.25, -0.2) is 0 Å². The summed E-state index contributed by atoms with van der Waals surface area (Å²) in [7, 11) is 0. The smallest absolute Gasteiger partial charge is 0.270 e. The van der Waals surface area contributed by atoms with Crippen LogP contribution in [0.5, 0.6) is 0 Å². The standard InChI is InChI=1S/C13H15N5O3/c1-13(2,3)11(19)8-17-15-12(14-16-17)9-5-4-6-10(7-9)18(20)21/h4-7H,8H2,1-3H3. The van der Waals surface area contributed by atoms with E-state index < -0.39 is 10.3 Å². The van der Waals surface area contributed by atoms with Crippen molar-refractivity contribution in [2.24, 2.45) is 5.41 Å². The van der Waals surface area contributed by atoms with Gasteiger partial charge < -0.3 is 0 Å². The van der Waals surface area contributed by atoms with Gasteiger partial charge in [-0.05, 0) is 5.21 Å². The highest BCUT2D eigenvalue weighted by Gasteiger charge is 2.22. The maximum absolute atomic E-state index is 11.9. The van der Waals surface area contributed by atoms with E-state index in [1.165, 1.54) is 16.9 Å². The molecule has 0 amide bonds. The van der Waals surface area contributed by atoms with Crippen molar-refractivity contribution in [2.45, 2.75) is 27.3 Å². The van der Waals surface area contributed by atoms with E-state index >= 15 is 0 Å². The number of Topliss-reactive ketones (excluding diaryl/α,β-unsaturated/α-hetero) is 1. The molecule has 8 nitrogen and oxygen atoms in total. The molecule has 21 heavy (non-hydrogen) atoms. The highest BCUT2D eigenvalue weighted by Crippen LogP contribution is 2.20. The van der Waals surface area contributed by atoms with E-state index in [4.69, 9.17) is 0 Å². The lowest BCUT2D eigenvalue weighted by Gasteiger charge is -2.15. The zero-order valence-corrected chi connectivity index (χ0v) is 12.0. The van der Waals surface area contributed by atoms with Crippen molar-refractivity contribution in [1.29, 1.82) is 0 Å². The molecule has 2 aromatic rings. The zero-order chi connectivity index (χ0) is 15.6. The summed E-state index contributed by atoms with van der Waals surface area (Å²) in [6.45, 7) is 5.46. The van der Waals surface area contributed by atoms with Crippen molar-refractivity contribution in [3.05, 3.63) is 34.4 Å². The number of hydrogen-bond donors (Lipinski definition) is 0. The molecule has 0 bridgehead atoms. The van der Waals surface area contributed by atoms with Crippen LogP contribution in [0.1, 0.15) is 20.8 Å². The molecule has 0 fully saturated rings. The second kappa shape index (κ2) is 5.39. The van der Waals surface area contributed by atoms with Crippen molar-refractivity contribution >= 4 is 11.5 Å². The van der Waals surface area contributed by atoms with Crippen LogP contribution in [0.2, 0.25) is 0 Å². The van der Waals surface area contributed by atoms with Crippen LogP contribution in [0, 0.1) is 15.5 Å². The molecular formula is C13H15N5O3. The lowest BCUT2D eigenvalue weighted by molar-refractivity contribution is -0.384. The Hall–Kier alpha value is -2.64. The molecule has 1 aromatic heterocycles. The van der Waals surface area contributed by atoms with Crippen LogP contribution >= 0.6 is 0 Å². The third-order valence-electron chi connectivity index (χ3n) is 2.89. The van der Waals surface area contributed by atoms with E-state index in [2.05, 4.69) is 15.4 Å². The monoisotopic (exact) mass is 289 g/mol. The Labute approximate surface area is 120 Å². The van der Waals surface area contributed by atoms with Crippen molar-refractivity contribution in [3.63, 3.8) is 0 Å². The largest absolute Gasteiger partial charge is 0.297 e. The average molecular weight is 289 g/mol. The molecule has 1 aromatic carbocycles. The highest BCUT2D eigenvalue weighted by atomic mass is 16.6. The molecule has 0 saturated heterocycles. The van der Waals surface area contributed by atoms with Crippen LogP contribution < -0.4 is 0 Å². The van der Waals surface area contributed by atoms with Gasteiger partial charge in [0.15, 0.2) is 5.78 Å². The number of tetrazole rings is 1. The van der Waals surface area contributed by atoms with Crippen LogP contribution in [0.15, 0.2) is 24.3 Å². The number of non-ortho nitro benzene ring substituents is 1. The van der Waals surface area contributed by atoms with Gasteiger partial charge in [-0.15, -0.1) is 10.2 Å². The van der Waals surface area contributed by atoms with Gasteiger partial charge in [0.25, 0.3) is 5.69 Å². The van der Waals surface area contributed by atoms with Crippen LogP contribution in [-0.4, -0.2) is 30.9 Å². The van der Waals surface area contributed by atoms with Gasteiger partial charge >= 0.3 is 0 Å². The molecule has 1 heterocycles. The molecular weight excluding hydrogens is 274 g/mol. The van der Waals surface area contributed by atoms with E-state index in [1.807, 2.05) is 20.8 Å². The maximum atomic E-state index is 11.9. The highest BCUT2D eigenvalue weighted by molar-refractivity contribution is 5.83. The van der Waals surface area contributed by atoms with Gasteiger partial charge in [-0.1, -0.05) is 32.9 Å². The van der Waals surface area contributed by atoms with E-state index in [0.29, 0.717) is 5.56 Å². The van der Waals surface area contributed by atoms with Crippen LogP contribution in [0.25, 0.3) is 11.4 Å². The SMILES string of the molecule is CC(C)(C)C(=O)Cn1nnc(-c2cccc([N+](=O)[O-])c2)n1. The van der Waals surface area contributed by atoms with E-state index in [-0.39, 0.29) is 23.8 Å². The van der Waals surface area contributed by atoms with Gasteiger partial charge in [0.1, 0.15) is 6.54 Å². The van der Waals surface area contributed by atoms with Gasteiger partial charge in [0.05, 0.1) is 4.92 Å². The van der Waals surface area contributed by atoms with Crippen molar-refractivity contribution < 1.29 is 9.72 Å². The number of rotatable bonds is 4. The summed E-state index contributed by atoms with van der Waals surface area (Å²) < 4.78 is 0. The summed E-state index contributed by atoms with van der Waals surface area (Å²) >= 11 is 0. The number of aromatic nitrogens is 4. The van der Waals surface area contributed by atoms with Gasteiger partial charge in [-0.3, -0.25) is 14.9 Å². The molecule has 0 aliphatic heterocycles. The fourth-order valence-electron chi connectivity index (χ4n) is 1.55. The molecule has 8 heteroatoms. The first-order valence-electron chi connectivity index (χ1n) is 6.33. The Balaban J connectivity index is 2.22. The predicted molar refractivity (Wildman–Crippen MR) is 74.4 cm³/mol. The number of carbonyl (C=O) groups is 1. The fourth-order valence-corrected chi connectivity index (χ4v) is 1.55. The maximum Gasteiger partial charge on any atom is 0.270 e. The Morgan fingerprint density at radius 2 is 2.10 bits per heavy atom. The number of nitro groups is 1. The summed E-state index contributed by atoms with van der Waals surface area (Å²) in [5.74, 6) is 0.228. The third-order valence-corrected chi connectivity index (χ3v) is 2.89. The number of nitrogens with zero attached hydrogens (tertiary/aromatic N) is 5. The minimum Gasteiger partial charge on any atom is -0.297 e. The Bertz CT molecular complexity index is 687. The van der Waals surface area contributed by atoms with Crippen molar-refractivity contribution in [2.75, 3.05) is 0 Å². The second-order valence-corrected chi connectivity index (χ2v) is 5.62. The van der Waals surface area contributed by atoms with Gasteiger partial charge in [0, 0.05) is 23.1 Å². The van der Waals surface area contributed by atoms with Crippen molar-refractivity contribution in [1.82, 2.24) is 20.2 Å². The third kappa shape index (κ3) is 3.47. The Morgan fingerprint density at radius 3 is 2.71 bits per heavy atom. The quantitative estimate of drug-likeness (QED) is 0.628. The van der Waals surface area contributed by atoms with Crippen LogP contribution in [0.3, 0.4) is 0 Å². The summed E-state index contributed by atoms with van der Waals surface area (Å²) in [5, 5.41) is 22.5. The molecule has 0 N–H and O–H groups in total. The van der Waals surface area contributed by atoms with E-state index in [0.717, 1.165) is 0 Å².